The van der Waals surface area contributed by atoms with Gasteiger partial charge in [0.25, 0.3) is 0 Å². The summed E-state index contributed by atoms with van der Waals surface area (Å²) >= 11 is 0. The van der Waals surface area contributed by atoms with Crippen LogP contribution >= 0.6 is 0 Å². The third kappa shape index (κ3) is 13.0. The first-order valence-corrected chi connectivity index (χ1v) is 17.9. The van der Waals surface area contributed by atoms with Crippen LogP contribution in [0, 0.1) is 0 Å². The molecule has 0 radical (unpaired) electrons. The minimum absolute atomic E-state index is 0. The summed E-state index contributed by atoms with van der Waals surface area (Å²) in [6.07, 6.45) is 11.1. The van der Waals surface area contributed by atoms with Crippen molar-refractivity contribution in [3.05, 3.63) is 58.7 Å². The number of carbonyl (C=O) groups is 3. The summed E-state index contributed by atoms with van der Waals surface area (Å²) in [7, 11) is 4.61. The first-order valence-electron chi connectivity index (χ1n) is 17.9. The van der Waals surface area contributed by atoms with E-state index in [2.05, 4.69) is 41.8 Å². The van der Waals surface area contributed by atoms with Crippen LogP contribution in [0.2, 0.25) is 0 Å². The van der Waals surface area contributed by atoms with E-state index in [9.17, 15) is 14.4 Å². The van der Waals surface area contributed by atoms with Gasteiger partial charge in [0.05, 0.1) is 77.7 Å². The predicted octanol–water partition coefficient (Wildman–Crippen LogP) is 2.09. The Morgan fingerprint density at radius 3 is 1.15 bits per heavy atom. The SMILES string of the molecule is CCCC[N+](C)(CCCC)CCCOC(=O)c1ccc2c(c1)C(=O)c1cc(C(=O)OCCC[N+](C)(CCCC)CCCC)ccc1-2.[I-].[I-]. The maximum atomic E-state index is 13.4. The minimum Gasteiger partial charge on any atom is -1.00 e. The summed E-state index contributed by atoms with van der Waals surface area (Å²) in [5.74, 6) is -1.01. The molecule has 7 nitrogen and oxygen atoms in total. The molecule has 0 heterocycles. The van der Waals surface area contributed by atoms with Gasteiger partial charge in [-0.1, -0.05) is 65.5 Å². The highest BCUT2D eigenvalue weighted by Crippen LogP contribution is 2.37. The smallest absolute Gasteiger partial charge is 0.338 e. The molecule has 0 spiro atoms. The lowest BCUT2D eigenvalue weighted by Gasteiger charge is -2.34. The molecule has 0 fully saturated rings. The Labute approximate surface area is 324 Å². The highest BCUT2D eigenvalue weighted by atomic mass is 127. The van der Waals surface area contributed by atoms with Crippen molar-refractivity contribution in [3.63, 3.8) is 0 Å². The number of benzene rings is 2. The van der Waals surface area contributed by atoms with Gasteiger partial charge in [0.1, 0.15) is 0 Å². The number of rotatable bonds is 22. The van der Waals surface area contributed by atoms with Gasteiger partial charge in [-0.15, -0.1) is 0 Å². The number of carbonyl (C=O) groups excluding carboxylic acids is 3. The molecule has 0 unspecified atom stereocenters. The van der Waals surface area contributed by atoms with Gasteiger partial charge < -0.3 is 66.4 Å². The fourth-order valence-electron chi connectivity index (χ4n) is 6.55. The van der Waals surface area contributed by atoms with Gasteiger partial charge in [-0.3, -0.25) is 4.79 Å². The van der Waals surface area contributed by atoms with Gasteiger partial charge >= 0.3 is 11.9 Å². The highest BCUT2D eigenvalue weighted by Gasteiger charge is 2.29. The normalized spacial score (nSPS) is 12.1. The largest absolute Gasteiger partial charge is 1.00 e. The standard InChI is InChI=1S/C39H60N2O5.2HI/c1-7-11-21-40(5,22-12-8-2)25-15-27-45-38(43)31-17-19-33-34-20-18-32(30-36(34)37(42)35(33)29-31)39(44)46-28-16-26-41(6,23-13-9-3)24-14-10-4;;/h17-20,29-30H,7-16,21-28H2,1-6H3;2*1H/q+2;;/p-2. The number of ketones is 1. The average Bonchev–Trinajstić information content (AvgIpc) is 3.35. The Bertz CT molecular complexity index is 1200. The van der Waals surface area contributed by atoms with Gasteiger partial charge in [0, 0.05) is 24.0 Å². The molecule has 48 heavy (non-hydrogen) atoms. The lowest BCUT2D eigenvalue weighted by atomic mass is 10.0. The Kier molecular flexibility index (Phi) is 20.6. The molecular weight excluding hydrogens is 830 g/mol. The van der Waals surface area contributed by atoms with Crippen molar-refractivity contribution in [2.45, 2.75) is 91.9 Å². The van der Waals surface area contributed by atoms with Crippen molar-refractivity contribution < 1.29 is 80.8 Å². The predicted molar refractivity (Wildman–Crippen MR) is 186 cm³/mol. The molecule has 0 aliphatic heterocycles. The molecule has 0 atom stereocenters. The number of esters is 2. The van der Waals surface area contributed by atoms with E-state index in [-0.39, 0.29) is 53.7 Å². The summed E-state index contributed by atoms with van der Waals surface area (Å²) in [5, 5.41) is 0. The fourth-order valence-corrected chi connectivity index (χ4v) is 6.55. The number of hydrogen-bond donors (Lipinski definition) is 0. The van der Waals surface area contributed by atoms with Crippen LogP contribution in [-0.2, 0) is 9.47 Å². The van der Waals surface area contributed by atoms with Crippen molar-refractivity contribution in [1.82, 2.24) is 0 Å². The van der Waals surface area contributed by atoms with Gasteiger partial charge in [-0.25, -0.2) is 9.59 Å². The molecule has 0 saturated carbocycles. The molecule has 1 aliphatic rings. The Hall–Kier alpha value is -1.57. The van der Waals surface area contributed by atoms with Crippen molar-refractivity contribution >= 4 is 17.7 Å². The molecule has 0 aromatic heterocycles. The second-order valence-electron chi connectivity index (χ2n) is 13.8. The Morgan fingerprint density at radius 2 is 0.833 bits per heavy atom. The van der Waals surface area contributed by atoms with Gasteiger partial charge in [-0.2, -0.15) is 0 Å². The molecule has 2 aromatic carbocycles. The van der Waals surface area contributed by atoms with E-state index in [0.717, 1.165) is 72.2 Å². The Morgan fingerprint density at radius 1 is 0.521 bits per heavy atom. The second-order valence-corrected chi connectivity index (χ2v) is 13.8. The van der Waals surface area contributed by atoms with E-state index >= 15 is 0 Å². The van der Waals surface area contributed by atoms with Crippen LogP contribution in [0.3, 0.4) is 0 Å². The number of fused-ring (bicyclic) bond motifs is 3. The lowest BCUT2D eigenvalue weighted by Crippen LogP contribution is -3.00. The first-order chi connectivity index (χ1) is 22.1. The molecule has 270 valence electrons. The number of hydrogen-bond acceptors (Lipinski definition) is 5. The van der Waals surface area contributed by atoms with E-state index in [1.165, 1.54) is 51.4 Å². The van der Waals surface area contributed by atoms with Crippen LogP contribution in [0.25, 0.3) is 11.1 Å². The third-order valence-corrected chi connectivity index (χ3v) is 9.65. The second kappa shape index (κ2) is 22.3. The highest BCUT2D eigenvalue weighted by molar-refractivity contribution is 6.22. The minimum atomic E-state index is -0.411. The van der Waals surface area contributed by atoms with Gasteiger partial charge in [-0.05, 0) is 61.1 Å². The van der Waals surface area contributed by atoms with E-state index in [0.29, 0.717) is 35.5 Å². The summed E-state index contributed by atoms with van der Waals surface area (Å²) in [6, 6.07) is 10.3. The zero-order chi connectivity index (χ0) is 33.6. The third-order valence-electron chi connectivity index (χ3n) is 9.65. The zero-order valence-electron chi connectivity index (χ0n) is 30.4. The molecule has 1 aliphatic carbocycles. The molecule has 9 heteroatoms. The molecule has 3 rings (SSSR count). The zero-order valence-corrected chi connectivity index (χ0v) is 34.7. The van der Waals surface area contributed by atoms with Crippen LogP contribution in [0.1, 0.15) is 129 Å². The van der Waals surface area contributed by atoms with E-state index in [4.69, 9.17) is 9.47 Å². The quantitative estimate of drug-likeness (QED) is 0.0670. The monoisotopic (exact) mass is 890 g/mol. The van der Waals surface area contributed by atoms with Crippen LogP contribution in [0.15, 0.2) is 36.4 Å². The van der Waals surface area contributed by atoms with Crippen molar-refractivity contribution in [3.8, 4) is 11.1 Å². The molecule has 0 N–H and O–H groups in total. The summed E-state index contributed by atoms with van der Waals surface area (Å²) in [4.78, 5) is 39.3. The Balaban J connectivity index is 0.00000576. The number of unbranched alkanes of at least 4 members (excludes halogenated alkanes) is 4. The van der Waals surface area contributed by atoms with E-state index in [1.807, 2.05) is 12.1 Å². The molecule has 0 amide bonds. The van der Waals surface area contributed by atoms with Crippen LogP contribution < -0.4 is 48.0 Å². The van der Waals surface area contributed by atoms with Crippen LogP contribution in [0.5, 0.6) is 0 Å². The lowest BCUT2D eigenvalue weighted by molar-refractivity contribution is -0.910. The van der Waals surface area contributed by atoms with E-state index < -0.39 is 11.9 Å². The number of ether oxygens (including phenoxy) is 2. The molecule has 0 bridgehead atoms. The maximum absolute atomic E-state index is 13.4. The van der Waals surface area contributed by atoms with Crippen LogP contribution in [0.4, 0.5) is 0 Å². The molecule has 0 saturated heterocycles. The summed E-state index contributed by atoms with van der Waals surface area (Å²) < 4.78 is 13.3. The average molecular weight is 891 g/mol. The summed E-state index contributed by atoms with van der Waals surface area (Å²) in [5.41, 5.74) is 3.22. The first kappa shape index (κ1) is 44.5. The molecule has 2 aromatic rings. The van der Waals surface area contributed by atoms with Crippen LogP contribution in [-0.4, -0.2) is 93.3 Å². The number of halogens is 2. The molecular formula is C39H60I2N2O5. The van der Waals surface area contributed by atoms with E-state index in [1.54, 1.807) is 24.3 Å². The van der Waals surface area contributed by atoms with Crippen molar-refractivity contribution in [2.75, 3.05) is 66.6 Å². The number of nitrogens with zero attached hydrogens (tertiary/aromatic N) is 2. The van der Waals surface area contributed by atoms with Crippen molar-refractivity contribution in [1.29, 1.82) is 0 Å². The van der Waals surface area contributed by atoms with Gasteiger partial charge in [0.2, 0.25) is 0 Å². The number of quaternary nitrogens is 2. The fraction of sp³-hybridized carbons (Fsp3) is 0.615. The topological polar surface area (TPSA) is 69.7 Å². The summed E-state index contributed by atoms with van der Waals surface area (Å²) in [6.45, 7) is 16.1. The van der Waals surface area contributed by atoms with Gasteiger partial charge in [0.15, 0.2) is 5.78 Å². The maximum Gasteiger partial charge on any atom is 0.338 e. The van der Waals surface area contributed by atoms with Crippen molar-refractivity contribution in [2.24, 2.45) is 0 Å².